The van der Waals surface area contributed by atoms with E-state index in [1.165, 1.54) is 22.7 Å². The fourth-order valence-corrected chi connectivity index (χ4v) is 7.11. The van der Waals surface area contributed by atoms with Crippen molar-refractivity contribution in [1.29, 1.82) is 21.0 Å². The van der Waals surface area contributed by atoms with Crippen LogP contribution in [-0.4, -0.2) is 0 Å². The average Bonchev–Trinajstić information content (AvgIpc) is 3.50. The number of hydrogen-bond donors (Lipinski definition) is 0. The zero-order valence-electron chi connectivity index (χ0n) is 15.0. The van der Waals surface area contributed by atoms with Gasteiger partial charge in [-0.2, -0.15) is 21.0 Å². The second kappa shape index (κ2) is 6.83. The molecule has 2 aliphatic rings. The number of fused-ring (bicyclic) bond motifs is 6. The lowest BCUT2D eigenvalue weighted by molar-refractivity contribution is 0.603. The molecule has 0 bridgehead atoms. The predicted octanol–water partition coefficient (Wildman–Crippen LogP) is 6.35. The molecule has 31 heavy (non-hydrogen) atoms. The number of nitriles is 4. The van der Waals surface area contributed by atoms with Gasteiger partial charge in [0.2, 0.25) is 0 Å². The number of nitrogens with zero attached hydrogens (tertiary/aromatic N) is 4. The Kier molecular flexibility index (Phi) is 4.32. The second-order valence-corrected chi connectivity index (χ2v) is 9.48. The zero-order chi connectivity index (χ0) is 22.0. The maximum atomic E-state index is 16.1. The Morgan fingerprint density at radius 2 is 1.29 bits per heavy atom. The van der Waals surface area contributed by atoms with Crippen LogP contribution < -0.4 is 0 Å². The van der Waals surface area contributed by atoms with Crippen LogP contribution >= 0.6 is 45.3 Å². The maximum Gasteiger partial charge on any atom is 0.141 e. The van der Waals surface area contributed by atoms with Crippen LogP contribution in [0.5, 0.6) is 0 Å². The molecule has 1 aromatic carbocycles. The molecule has 0 unspecified atom stereocenters. The molecule has 0 N–H and O–H groups in total. The summed E-state index contributed by atoms with van der Waals surface area (Å²) in [6.45, 7) is 0. The lowest BCUT2D eigenvalue weighted by Gasteiger charge is -2.13. The normalized spacial score (nSPS) is 12.1. The Hall–Kier alpha value is -3.35. The molecule has 0 spiro atoms. The van der Waals surface area contributed by atoms with E-state index in [-0.39, 0.29) is 44.5 Å². The minimum atomic E-state index is -0.766. The Labute approximate surface area is 196 Å². The van der Waals surface area contributed by atoms with Gasteiger partial charge >= 0.3 is 0 Å². The highest BCUT2D eigenvalue weighted by atomic mass is 127. The molecule has 144 valence electrons. The van der Waals surface area contributed by atoms with Gasteiger partial charge in [-0.3, -0.25) is 0 Å². The molecule has 2 aromatic heterocycles. The van der Waals surface area contributed by atoms with Crippen molar-refractivity contribution in [3.05, 3.63) is 65.4 Å². The summed E-state index contributed by atoms with van der Waals surface area (Å²) in [6.07, 6.45) is 0. The van der Waals surface area contributed by atoms with Crippen LogP contribution in [0, 0.1) is 60.5 Å². The molecule has 3 aromatic rings. The molecule has 0 saturated carbocycles. The third-order valence-corrected chi connectivity index (χ3v) is 8.41. The van der Waals surface area contributed by atoms with Crippen LogP contribution in [0.25, 0.3) is 32.0 Å². The summed E-state index contributed by atoms with van der Waals surface area (Å²) in [5.74, 6) is -1.53. The van der Waals surface area contributed by atoms with Crippen molar-refractivity contribution in [2.75, 3.05) is 0 Å². The van der Waals surface area contributed by atoms with E-state index < -0.39 is 11.6 Å². The minimum Gasteiger partial charge on any atom is -0.206 e. The lowest BCUT2D eigenvalue weighted by Crippen LogP contribution is -2.01. The van der Waals surface area contributed by atoms with E-state index in [0.29, 0.717) is 24.5 Å². The van der Waals surface area contributed by atoms with Crippen molar-refractivity contribution < 1.29 is 8.78 Å². The molecule has 0 saturated heterocycles. The Bertz CT molecular complexity index is 1580. The first-order valence-corrected chi connectivity index (χ1v) is 11.3. The number of halogens is 3. The van der Waals surface area contributed by atoms with E-state index in [1.54, 1.807) is 41.1 Å². The van der Waals surface area contributed by atoms with Crippen molar-refractivity contribution in [3.8, 4) is 45.2 Å². The van der Waals surface area contributed by atoms with Crippen molar-refractivity contribution in [2.45, 2.75) is 0 Å². The summed E-state index contributed by atoms with van der Waals surface area (Å²) in [5, 5.41) is 41.3. The summed E-state index contributed by atoms with van der Waals surface area (Å²) >= 11 is 4.37. The maximum absolute atomic E-state index is 16.1. The van der Waals surface area contributed by atoms with Crippen molar-refractivity contribution in [2.24, 2.45) is 0 Å². The molecule has 0 aliphatic heterocycles. The van der Waals surface area contributed by atoms with E-state index >= 15 is 8.78 Å². The Morgan fingerprint density at radius 3 is 1.90 bits per heavy atom. The topological polar surface area (TPSA) is 95.2 Å². The van der Waals surface area contributed by atoms with Gasteiger partial charge in [0.15, 0.2) is 0 Å². The van der Waals surface area contributed by atoms with Crippen LogP contribution in [0.2, 0.25) is 0 Å². The van der Waals surface area contributed by atoms with E-state index in [0.717, 1.165) is 0 Å². The van der Waals surface area contributed by atoms with Crippen LogP contribution in [0.1, 0.15) is 22.3 Å². The fourth-order valence-electron chi connectivity index (χ4n) is 4.08. The van der Waals surface area contributed by atoms with Gasteiger partial charge in [0.05, 0.1) is 0 Å². The first kappa shape index (κ1) is 19.6. The van der Waals surface area contributed by atoms with Gasteiger partial charge in [0.1, 0.15) is 47.1 Å². The SMILES string of the molecule is N#CC(C#N)=C1c2ccsc2-c2c(F)c3c(c(F)c21)-c1scc(I)c1C3=C(C#N)C#N. The number of hydrogen-bond acceptors (Lipinski definition) is 6. The van der Waals surface area contributed by atoms with Crippen molar-refractivity contribution >= 4 is 56.4 Å². The molecule has 0 fully saturated rings. The largest absolute Gasteiger partial charge is 0.206 e. The highest BCUT2D eigenvalue weighted by Crippen LogP contribution is 2.59. The van der Waals surface area contributed by atoms with Crippen LogP contribution in [-0.2, 0) is 0 Å². The predicted molar refractivity (Wildman–Crippen MR) is 120 cm³/mol. The van der Waals surface area contributed by atoms with Gasteiger partial charge < -0.3 is 0 Å². The molecule has 2 aliphatic carbocycles. The third kappa shape index (κ3) is 2.31. The molecular weight excluding hydrogens is 549 g/mol. The van der Waals surface area contributed by atoms with Gasteiger partial charge in [-0.1, -0.05) is 0 Å². The molecule has 0 amide bonds. The highest BCUT2D eigenvalue weighted by molar-refractivity contribution is 14.1. The summed E-state index contributed by atoms with van der Waals surface area (Å²) in [5.41, 5.74) is 0.0951. The van der Waals surface area contributed by atoms with Crippen LogP contribution in [0.4, 0.5) is 8.78 Å². The quantitative estimate of drug-likeness (QED) is 0.165. The monoisotopic (exact) mass is 552 g/mol. The van der Waals surface area contributed by atoms with E-state index in [1.807, 2.05) is 22.6 Å². The average molecular weight is 552 g/mol. The number of benzene rings is 1. The Morgan fingerprint density at radius 1 is 0.742 bits per heavy atom. The second-order valence-electron chi connectivity index (χ2n) is 6.53. The first-order chi connectivity index (χ1) is 15.0. The molecule has 4 nitrogen and oxygen atoms in total. The van der Waals surface area contributed by atoms with E-state index in [9.17, 15) is 21.0 Å². The smallest absolute Gasteiger partial charge is 0.141 e. The lowest BCUT2D eigenvalue weighted by atomic mass is 9.92. The zero-order valence-corrected chi connectivity index (χ0v) is 18.8. The standard InChI is InChI=1S/C22H3F2IN4S2/c23-19-15-12(8(3-26)4-27)10-1-2-30-21(10)17(15)20(24)16-13(9(5-28)6-29)14-11(25)7-31-22(14)18(16)19/h1-2,7H. The number of thiophene rings is 2. The molecule has 0 atom stereocenters. The highest BCUT2D eigenvalue weighted by Gasteiger charge is 2.42. The van der Waals surface area contributed by atoms with Gasteiger partial charge in [0.25, 0.3) is 0 Å². The van der Waals surface area contributed by atoms with Gasteiger partial charge in [-0.05, 0) is 34.0 Å². The number of rotatable bonds is 0. The first-order valence-electron chi connectivity index (χ1n) is 8.50. The molecule has 0 radical (unpaired) electrons. The van der Waals surface area contributed by atoms with Crippen molar-refractivity contribution in [3.63, 3.8) is 0 Å². The third-order valence-electron chi connectivity index (χ3n) is 5.21. The van der Waals surface area contributed by atoms with E-state index in [2.05, 4.69) is 0 Å². The molecule has 9 heteroatoms. The summed E-state index contributed by atoms with van der Waals surface area (Å²) in [6, 6.07) is 8.81. The fraction of sp³-hybridized carbons (Fsp3) is 0. The molecular formula is C22H3F2IN4S2. The summed E-state index contributed by atoms with van der Waals surface area (Å²) in [4.78, 5) is 0.827. The molecule has 2 heterocycles. The van der Waals surface area contributed by atoms with Gasteiger partial charge in [-0.25, -0.2) is 8.78 Å². The van der Waals surface area contributed by atoms with Crippen molar-refractivity contribution in [1.82, 2.24) is 0 Å². The minimum absolute atomic E-state index is 0.0416. The van der Waals surface area contributed by atoms with Crippen LogP contribution in [0.15, 0.2) is 28.0 Å². The van der Waals surface area contributed by atoms with E-state index in [4.69, 9.17) is 0 Å². The van der Waals surface area contributed by atoms with Gasteiger partial charge in [0, 0.05) is 63.2 Å². The molecule has 5 rings (SSSR count). The van der Waals surface area contributed by atoms with Gasteiger partial charge in [-0.15, -0.1) is 22.7 Å². The summed E-state index contributed by atoms with van der Waals surface area (Å²) < 4.78 is 32.9. The number of allylic oxidation sites excluding steroid dienone is 2. The summed E-state index contributed by atoms with van der Waals surface area (Å²) in [7, 11) is 0. The van der Waals surface area contributed by atoms with Crippen LogP contribution in [0.3, 0.4) is 0 Å². The Balaban J connectivity index is 2.05.